The maximum absolute atomic E-state index is 13.7. The van der Waals surface area contributed by atoms with Crippen molar-refractivity contribution in [3.05, 3.63) is 123 Å². The number of nitrogens with one attached hydrogen (secondary N) is 12. The summed E-state index contributed by atoms with van der Waals surface area (Å²) in [5.74, 6) is -4.43. The average molecular weight is 1460 g/mol. The Morgan fingerprint density at radius 3 is 1.20 bits per heavy atom. The van der Waals surface area contributed by atoms with Crippen molar-refractivity contribution in [2.75, 3.05) is 137 Å². The van der Waals surface area contributed by atoms with Gasteiger partial charge in [0.2, 0.25) is 47.5 Å². The van der Waals surface area contributed by atoms with E-state index < -0.39 is 58.9 Å². The minimum absolute atomic E-state index is 0.119. The molecule has 0 aliphatic rings. The maximum atomic E-state index is 13.7. The zero-order valence-corrected chi connectivity index (χ0v) is 61.2. The van der Waals surface area contributed by atoms with Crippen LogP contribution in [0.4, 0.5) is 52.2 Å². The molecular formula is C71H96N26O9. The molecule has 0 spiro atoms. The van der Waals surface area contributed by atoms with E-state index in [1.807, 2.05) is 0 Å². The van der Waals surface area contributed by atoms with Crippen LogP contribution in [0.25, 0.3) is 22.1 Å². The first-order chi connectivity index (χ1) is 51.2. The second-order valence-corrected chi connectivity index (χ2v) is 24.8. The SMILES string of the molecule is CCN(CC)CCCNC(=O)c1nc(NC(=O)c2ccc(/N=N/C(C(C)=O)C(=O)Nc3ccc4[nH]c(=O)[nH]c4c3)cc2)nc(C(=O)NCCCN(CC)CCCCN(CC)CCCNc2nc(NCCCN(CC)CC)nc(Nc3ccc(/N=N/C(C(C)=O)C(=O)Nc4ccc5[nH]c(=O)[nH]c5c4)cc3)n2)n1. The Hall–Kier alpha value is -11.4. The molecule has 5 amide bonds. The molecule has 0 radical (unpaired) electrons. The van der Waals surface area contributed by atoms with E-state index in [4.69, 9.17) is 9.97 Å². The minimum Gasteiger partial charge on any atom is -0.354 e. The van der Waals surface area contributed by atoms with Crippen LogP contribution in [0.3, 0.4) is 0 Å². The summed E-state index contributed by atoms with van der Waals surface area (Å²) in [7, 11) is 0. The van der Waals surface area contributed by atoms with Crippen molar-refractivity contribution in [2.45, 2.75) is 106 Å². The van der Waals surface area contributed by atoms with Crippen molar-refractivity contribution >= 4 is 115 Å². The van der Waals surface area contributed by atoms with Crippen molar-refractivity contribution < 1.29 is 33.6 Å². The molecule has 106 heavy (non-hydrogen) atoms. The van der Waals surface area contributed by atoms with E-state index >= 15 is 0 Å². The normalized spacial score (nSPS) is 12.2. The smallest absolute Gasteiger partial charge is 0.323 e. The molecule has 0 bridgehead atoms. The van der Waals surface area contributed by atoms with Gasteiger partial charge in [0.1, 0.15) is 0 Å². The number of carbonyl (C=O) groups excluding carboxylic acids is 7. The third kappa shape index (κ3) is 25.2. The van der Waals surface area contributed by atoms with Gasteiger partial charge in [-0.25, -0.2) is 9.59 Å². The number of rotatable bonds is 45. The van der Waals surface area contributed by atoms with Gasteiger partial charge in [0.05, 0.1) is 33.4 Å². The zero-order valence-electron chi connectivity index (χ0n) is 61.2. The van der Waals surface area contributed by atoms with Crippen LogP contribution in [0.2, 0.25) is 0 Å². The number of hydrogen-bond donors (Lipinski definition) is 12. The number of carbonyl (C=O) groups is 7. The molecule has 35 heteroatoms. The number of fused-ring (bicyclic) bond motifs is 2. The number of hydrogen-bond acceptors (Lipinski definition) is 26. The van der Waals surface area contributed by atoms with Crippen molar-refractivity contribution in [1.82, 2.24) is 80.1 Å². The highest BCUT2D eigenvalue weighted by Gasteiger charge is 2.26. The average Bonchev–Trinajstić information content (AvgIpc) is 1.78. The van der Waals surface area contributed by atoms with Gasteiger partial charge in [-0.2, -0.15) is 50.4 Å². The van der Waals surface area contributed by atoms with Crippen LogP contribution in [-0.4, -0.2) is 227 Å². The van der Waals surface area contributed by atoms with Crippen LogP contribution in [0.1, 0.15) is 126 Å². The van der Waals surface area contributed by atoms with Crippen LogP contribution < -0.4 is 53.9 Å². The number of H-pyrrole nitrogens is 4. The standard InChI is InChI=1S/C71H96N26O9/c1-9-94(10-2)39-17-33-72-64(103)59-83-60(85-69(84-59)86-61(100)47-21-23-49(24-22-47)90-92-57(45(7)98)62(101)76-51-29-31-53-55(43-51)81-70(105)79-53)65(104)73-34-18-41-96(13-5)37-15-16-38-97(14-6)42-20-36-75-67-87-66(74-35-19-40-95(11-3)12-4)88-68(89-67)78-48-25-27-50(28-26-48)91-93-58(46(8)99)63(102)77-52-30-32-54-56(44-52)82-71(106)80-54/h21-32,43-44,57-58H,9-20,33-42H2,1-8H3,(H,72,103)(H,73,104)(H,76,101)(H,77,102)(H2,79,81,105)(H2,80,82,106)(H,83,84,85,86,100)(H3,74,75,78,87,88,89)/b92-90+,93-91+. The molecule has 0 aliphatic carbocycles. The number of ketones is 2. The molecule has 8 rings (SSSR count). The monoisotopic (exact) mass is 1460 g/mol. The number of Topliss-reactive ketones (excluding diaryl/α,β-unsaturated/α-hetero) is 2. The Balaban J connectivity index is 0.791. The topological polar surface area (TPSA) is 453 Å². The number of aromatic nitrogens is 10. The minimum atomic E-state index is -1.50. The number of anilines is 7. The second-order valence-electron chi connectivity index (χ2n) is 24.8. The Labute approximate surface area is 612 Å². The van der Waals surface area contributed by atoms with Gasteiger partial charge < -0.3 is 76.8 Å². The molecule has 12 N–H and O–H groups in total. The van der Waals surface area contributed by atoms with Crippen molar-refractivity contribution in [3.8, 4) is 0 Å². The van der Waals surface area contributed by atoms with E-state index in [0.717, 1.165) is 97.7 Å². The van der Waals surface area contributed by atoms with E-state index in [1.54, 1.807) is 54.6 Å². The van der Waals surface area contributed by atoms with E-state index in [0.29, 0.717) is 102 Å². The third-order valence-corrected chi connectivity index (χ3v) is 17.2. The first-order valence-corrected chi connectivity index (χ1v) is 35.9. The highest BCUT2D eigenvalue weighted by Crippen LogP contribution is 2.24. The van der Waals surface area contributed by atoms with E-state index in [1.165, 1.54) is 44.2 Å². The van der Waals surface area contributed by atoms with Crippen LogP contribution in [0.5, 0.6) is 0 Å². The number of azo groups is 2. The van der Waals surface area contributed by atoms with Crippen molar-refractivity contribution in [1.29, 1.82) is 0 Å². The number of aromatic amines is 4. The molecule has 2 atom stereocenters. The highest BCUT2D eigenvalue weighted by molar-refractivity contribution is 6.11. The molecule has 4 heterocycles. The lowest BCUT2D eigenvalue weighted by molar-refractivity contribution is -0.127. The van der Waals surface area contributed by atoms with Gasteiger partial charge in [-0.1, -0.05) is 41.5 Å². The molecule has 0 saturated heterocycles. The molecular weight excluding hydrogens is 1360 g/mol. The molecule has 2 unspecified atom stereocenters. The summed E-state index contributed by atoms with van der Waals surface area (Å²) in [6.45, 7) is 27.3. The third-order valence-electron chi connectivity index (χ3n) is 17.2. The van der Waals surface area contributed by atoms with Gasteiger partial charge in [-0.15, -0.1) is 0 Å². The summed E-state index contributed by atoms with van der Waals surface area (Å²) in [5, 5.41) is 39.9. The zero-order chi connectivity index (χ0) is 75.9. The number of imidazole rings is 2. The summed E-state index contributed by atoms with van der Waals surface area (Å²) in [5.41, 5.74) is 3.35. The summed E-state index contributed by atoms with van der Waals surface area (Å²) in [6, 6.07) is 19.2. The molecule has 4 aromatic carbocycles. The molecule has 35 nitrogen and oxygen atoms in total. The summed E-state index contributed by atoms with van der Waals surface area (Å²) < 4.78 is 0. The van der Waals surface area contributed by atoms with Crippen LogP contribution >= 0.6 is 0 Å². The van der Waals surface area contributed by atoms with Crippen LogP contribution in [-0.2, 0) is 19.2 Å². The summed E-state index contributed by atoms with van der Waals surface area (Å²) >= 11 is 0. The van der Waals surface area contributed by atoms with Crippen molar-refractivity contribution in [2.24, 2.45) is 20.5 Å². The molecule has 4 aromatic heterocycles. The Morgan fingerprint density at radius 2 is 0.774 bits per heavy atom. The number of benzene rings is 4. The Kier molecular flexibility index (Phi) is 31.2. The molecule has 0 aliphatic heterocycles. The fourth-order valence-electron chi connectivity index (χ4n) is 11.1. The summed E-state index contributed by atoms with van der Waals surface area (Å²) in [6.07, 6.45) is 4.91. The molecule has 0 saturated carbocycles. The lowest BCUT2D eigenvalue weighted by Crippen LogP contribution is -2.34. The largest absolute Gasteiger partial charge is 0.354 e. The van der Waals surface area contributed by atoms with Gasteiger partial charge in [-0.3, -0.25) is 38.9 Å². The van der Waals surface area contributed by atoms with Crippen LogP contribution in [0.15, 0.2) is 115 Å². The first kappa shape index (κ1) is 80.3. The van der Waals surface area contributed by atoms with Gasteiger partial charge in [0, 0.05) is 48.8 Å². The fourth-order valence-corrected chi connectivity index (χ4v) is 11.1. The van der Waals surface area contributed by atoms with Gasteiger partial charge in [0.15, 0.2) is 11.6 Å². The summed E-state index contributed by atoms with van der Waals surface area (Å²) in [4.78, 5) is 162. The molecule has 8 aromatic rings. The van der Waals surface area contributed by atoms with Crippen LogP contribution in [0, 0.1) is 0 Å². The molecule has 0 fully saturated rings. The first-order valence-electron chi connectivity index (χ1n) is 35.9. The number of nitrogens with zero attached hydrogens (tertiary/aromatic N) is 14. The lowest BCUT2D eigenvalue weighted by Gasteiger charge is -2.23. The predicted molar refractivity (Wildman–Crippen MR) is 406 cm³/mol. The van der Waals surface area contributed by atoms with E-state index in [9.17, 15) is 43.2 Å². The number of unbranched alkanes of at least 4 members (excludes halogenated alkanes) is 1. The molecule has 564 valence electrons. The lowest BCUT2D eigenvalue weighted by atomic mass is 10.2. The second kappa shape index (κ2) is 41.2. The Bertz CT molecular complexity index is 4430. The van der Waals surface area contributed by atoms with Crippen molar-refractivity contribution in [3.63, 3.8) is 0 Å². The predicted octanol–water partition coefficient (Wildman–Crippen LogP) is 7.40. The van der Waals surface area contributed by atoms with Gasteiger partial charge in [-0.05, 0) is 216 Å². The quantitative estimate of drug-likeness (QED) is 0.0100. The maximum Gasteiger partial charge on any atom is 0.323 e. The van der Waals surface area contributed by atoms with Gasteiger partial charge in [0.25, 0.3) is 29.5 Å². The Morgan fingerprint density at radius 1 is 0.396 bits per heavy atom. The van der Waals surface area contributed by atoms with Gasteiger partial charge >= 0.3 is 11.4 Å². The highest BCUT2D eigenvalue weighted by atomic mass is 16.2. The fraction of sp³-hybridized carbons (Fsp3) is 0.451. The number of amides is 5. The van der Waals surface area contributed by atoms with E-state index in [-0.39, 0.29) is 41.1 Å². The van der Waals surface area contributed by atoms with E-state index in [2.05, 4.69) is 164 Å².